The van der Waals surface area contributed by atoms with E-state index in [1.807, 2.05) is 0 Å². The molecule has 1 aromatic heterocycles. The lowest BCUT2D eigenvalue weighted by molar-refractivity contribution is -0.114. The van der Waals surface area contributed by atoms with Crippen molar-refractivity contribution >= 4 is 27.3 Å². The molecule has 0 saturated carbocycles. The average Bonchev–Trinajstić information content (AvgIpc) is 2.69. The van der Waals surface area contributed by atoms with Gasteiger partial charge in [-0.2, -0.15) is 5.10 Å². The number of carbonyl (C=O) groups excluding carboxylic acids is 1. The quantitative estimate of drug-likeness (QED) is 0.895. The maximum atomic E-state index is 12.3. The van der Waals surface area contributed by atoms with Crippen molar-refractivity contribution in [3.63, 3.8) is 0 Å². The number of carbonyl (C=O) groups is 1. The number of aryl methyl sites for hydroxylation is 1. The fourth-order valence-electron chi connectivity index (χ4n) is 1.82. The van der Waals surface area contributed by atoms with Crippen LogP contribution < -0.4 is 10.0 Å². The number of hydrogen-bond donors (Lipinski definition) is 2. The van der Waals surface area contributed by atoms with Gasteiger partial charge in [0.25, 0.3) is 10.0 Å². The van der Waals surface area contributed by atoms with Crippen molar-refractivity contribution in [1.82, 2.24) is 9.78 Å². The Morgan fingerprint density at radius 2 is 1.95 bits per heavy atom. The molecular weight excluding hydrogens is 292 g/mol. The van der Waals surface area contributed by atoms with Crippen LogP contribution in [0, 0.1) is 6.92 Å². The van der Waals surface area contributed by atoms with E-state index < -0.39 is 10.0 Å². The SMILES string of the molecule is CC(=O)Nc1cccc(NS(=O)(=O)c2cnn(C)c2C)c1. The molecule has 0 aliphatic heterocycles. The van der Waals surface area contributed by atoms with Crippen molar-refractivity contribution in [2.24, 2.45) is 7.05 Å². The van der Waals surface area contributed by atoms with Crippen LogP contribution >= 0.6 is 0 Å². The number of anilines is 2. The molecule has 0 aliphatic carbocycles. The number of nitrogens with one attached hydrogen (secondary N) is 2. The summed E-state index contributed by atoms with van der Waals surface area (Å²) in [7, 11) is -2.04. The number of amides is 1. The van der Waals surface area contributed by atoms with E-state index in [2.05, 4.69) is 15.1 Å². The molecule has 0 saturated heterocycles. The lowest BCUT2D eigenvalue weighted by Crippen LogP contribution is -2.14. The van der Waals surface area contributed by atoms with Crippen LogP contribution in [0.15, 0.2) is 35.4 Å². The van der Waals surface area contributed by atoms with Gasteiger partial charge in [0, 0.05) is 19.7 Å². The Morgan fingerprint density at radius 1 is 1.29 bits per heavy atom. The molecule has 2 aromatic rings. The highest BCUT2D eigenvalue weighted by Crippen LogP contribution is 2.21. The number of rotatable bonds is 4. The molecule has 7 nitrogen and oxygen atoms in total. The van der Waals surface area contributed by atoms with Crippen LogP contribution in [-0.2, 0) is 21.9 Å². The zero-order chi connectivity index (χ0) is 15.6. The van der Waals surface area contributed by atoms with E-state index in [1.165, 1.54) is 17.8 Å². The fraction of sp³-hybridized carbons (Fsp3) is 0.231. The molecule has 1 heterocycles. The first-order valence-electron chi connectivity index (χ1n) is 6.18. The van der Waals surface area contributed by atoms with E-state index in [1.54, 1.807) is 38.2 Å². The van der Waals surface area contributed by atoms with E-state index in [9.17, 15) is 13.2 Å². The molecule has 0 atom stereocenters. The molecule has 112 valence electrons. The summed E-state index contributed by atoms with van der Waals surface area (Å²) in [6.45, 7) is 3.06. The van der Waals surface area contributed by atoms with Crippen molar-refractivity contribution in [2.45, 2.75) is 18.7 Å². The lowest BCUT2D eigenvalue weighted by atomic mass is 10.3. The predicted molar refractivity (Wildman–Crippen MR) is 79.5 cm³/mol. The normalized spacial score (nSPS) is 11.2. The van der Waals surface area contributed by atoms with E-state index in [0.717, 1.165) is 0 Å². The summed E-state index contributed by atoms with van der Waals surface area (Å²) in [6, 6.07) is 6.48. The van der Waals surface area contributed by atoms with Gasteiger partial charge < -0.3 is 5.32 Å². The highest BCUT2D eigenvalue weighted by molar-refractivity contribution is 7.92. The molecular formula is C13H16N4O3S. The third-order valence-electron chi connectivity index (χ3n) is 2.91. The van der Waals surface area contributed by atoms with Gasteiger partial charge in [-0.25, -0.2) is 8.42 Å². The Kier molecular flexibility index (Phi) is 3.99. The molecule has 0 unspecified atom stereocenters. The van der Waals surface area contributed by atoms with Crippen LogP contribution in [0.3, 0.4) is 0 Å². The second-order valence-electron chi connectivity index (χ2n) is 4.59. The third-order valence-corrected chi connectivity index (χ3v) is 4.40. The van der Waals surface area contributed by atoms with Gasteiger partial charge in [0.2, 0.25) is 5.91 Å². The summed E-state index contributed by atoms with van der Waals surface area (Å²) in [5.74, 6) is -0.224. The van der Waals surface area contributed by atoms with Gasteiger partial charge in [-0.15, -0.1) is 0 Å². The molecule has 2 N–H and O–H groups in total. The van der Waals surface area contributed by atoms with Gasteiger partial charge in [0.05, 0.1) is 17.6 Å². The lowest BCUT2D eigenvalue weighted by Gasteiger charge is -2.09. The topological polar surface area (TPSA) is 93.1 Å². The van der Waals surface area contributed by atoms with Crippen molar-refractivity contribution in [3.05, 3.63) is 36.2 Å². The summed E-state index contributed by atoms with van der Waals surface area (Å²) in [6.07, 6.45) is 1.30. The molecule has 0 spiro atoms. The van der Waals surface area contributed by atoms with Crippen LogP contribution in [0.2, 0.25) is 0 Å². The third kappa shape index (κ3) is 3.40. The van der Waals surface area contributed by atoms with E-state index in [0.29, 0.717) is 17.1 Å². The fourth-order valence-corrected chi connectivity index (χ4v) is 3.07. The van der Waals surface area contributed by atoms with Gasteiger partial charge in [-0.05, 0) is 25.1 Å². The highest BCUT2D eigenvalue weighted by atomic mass is 32.2. The van der Waals surface area contributed by atoms with Crippen molar-refractivity contribution in [2.75, 3.05) is 10.0 Å². The second-order valence-corrected chi connectivity index (χ2v) is 6.24. The Labute approximate surface area is 123 Å². The molecule has 21 heavy (non-hydrogen) atoms. The highest BCUT2D eigenvalue weighted by Gasteiger charge is 2.20. The zero-order valence-corrected chi connectivity index (χ0v) is 12.7. The minimum absolute atomic E-state index is 0.120. The van der Waals surface area contributed by atoms with Crippen LogP contribution in [0.5, 0.6) is 0 Å². The maximum Gasteiger partial charge on any atom is 0.265 e. The zero-order valence-electron chi connectivity index (χ0n) is 11.9. The van der Waals surface area contributed by atoms with Crippen LogP contribution in [0.25, 0.3) is 0 Å². The van der Waals surface area contributed by atoms with Gasteiger partial charge in [0.1, 0.15) is 4.90 Å². The van der Waals surface area contributed by atoms with Crippen LogP contribution in [-0.4, -0.2) is 24.1 Å². The average molecular weight is 308 g/mol. The molecule has 1 aromatic carbocycles. The first kappa shape index (κ1) is 15.0. The Balaban J connectivity index is 2.29. The van der Waals surface area contributed by atoms with Crippen LogP contribution in [0.4, 0.5) is 11.4 Å². The first-order valence-corrected chi connectivity index (χ1v) is 7.67. The van der Waals surface area contributed by atoms with Crippen molar-refractivity contribution < 1.29 is 13.2 Å². The minimum Gasteiger partial charge on any atom is -0.326 e. The largest absolute Gasteiger partial charge is 0.326 e. The van der Waals surface area contributed by atoms with Crippen molar-refractivity contribution in [1.29, 1.82) is 0 Å². The standard InChI is InChI=1S/C13H16N4O3S/c1-9-13(8-14-17(9)3)21(19,20)16-12-6-4-5-11(7-12)15-10(2)18/h4-8,16H,1-3H3,(H,15,18). The van der Waals surface area contributed by atoms with E-state index in [4.69, 9.17) is 0 Å². The Bertz CT molecular complexity index is 780. The Hall–Kier alpha value is -2.35. The van der Waals surface area contributed by atoms with Gasteiger partial charge in [-0.3, -0.25) is 14.2 Å². The number of nitrogens with zero attached hydrogens (tertiary/aromatic N) is 2. The van der Waals surface area contributed by atoms with Gasteiger partial charge in [-0.1, -0.05) is 6.07 Å². The van der Waals surface area contributed by atoms with Crippen LogP contribution in [0.1, 0.15) is 12.6 Å². The van der Waals surface area contributed by atoms with E-state index in [-0.39, 0.29) is 10.8 Å². The minimum atomic E-state index is -3.71. The molecule has 8 heteroatoms. The smallest absolute Gasteiger partial charge is 0.265 e. The van der Waals surface area contributed by atoms with Gasteiger partial charge >= 0.3 is 0 Å². The number of hydrogen-bond acceptors (Lipinski definition) is 4. The number of benzene rings is 1. The number of sulfonamides is 1. The Morgan fingerprint density at radius 3 is 2.52 bits per heavy atom. The molecule has 2 rings (SSSR count). The monoisotopic (exact) mass is 308 g/mol. The van der Waals surface area contributed by atoms with Gasteiger partial charge in [0.15, 0.2) is 0 Å². The number of aromatic nitrogens is 2. The summed E-state index contributed by atoms with van der Waals surface area (Å²) in [4.78, 5) is 11.1. The molecule has 0 fully saturated rings. The summed E-state index contributed by atoms with van der Waals surface area (Å²) < 4.78 is 28.6. The van der Waals surface area contributed by atoms with Crippen molar-refractivity contribution in [3.8, 4) is 0 Å². The first-order chi connectivity index (χ1) is 9.79. The molecule has 0 aliphatic rings. The summed E-state index contributed by atoms with van der Waals surface area (Å²) in [5, 5.41) is 6.52. The molecule has 0 radical (unpaired) electrons. The molecule has 0 bridgehead atoms. The molecule has 1 amide bonds. The predicted octanol–water partition coefficient (Wildman–Crippen LogP) is 1.49. The van der Waals surface area contributed by atoms with E-state index >= 15 is 0 Å². The summed E-state index contributed by atoms with van der Waals surface area (Å²) >= 11 is 0. The maximum absolute atomic E-state index is 12.3. The summed E-state index contributed by atoms with van der Waals surface area (Å²) in [5.41, 5.74) is 1.43. The second kappa shape index (κ2) is 5.57.